The molecule has 0 heterocycles. The largest absolute Gasteiger partial charge is 0.398 e. The van der Waals surface area contributed by atoms with E-state index in [4.69, 9.17) is 5.73 Å². The topological polar surface area (TPSA) is 26.0 Å². The average molecular weight is 205 g/mol. The minimum atomic E-state index is 0.711. The van der Waals surface area contributed by atoms with Gasteiger partial charge in [0.1, 0.15) is 0 Å². The van der Waals surface area contributed by atoms with E-state index in [-0.39, 0.29) is 0 Å². The molecule has 0 aliphatic carbocycles. The summed E-state index contributed by atoms with van der Waals surface area (Å²) in [7, 11) is 0. The number of nitrogen functional groups attached to an aromatic ring is 1. The molecule has 0 fully saturated rings. The number of benzene rings is 1. The van der Waals surface area contributed by atoms with Gasteiger partial charge < -0.3 is 5.73 Å². The summed E-state index contributed by atoms with van der Waals surface area (Å²) in [6.07, 6.45) is 3.22. The molecule has 0 saturated carbocycles. The van der Waals surface area contributed by atoms with Gasteiger partial charge in [-0.15, -0.1) is 0 Å². The fraction of sp³-hybridized carbons (Fsp3) is 0.571. The van der Waals surface area contributed by atoms with Crippen LogP contribution in [-0.4, -0.2) is 0 Å². The summed E-state index contributed by atoms with van der Waals surface area (Å²) in [5.41, 5.74) is 11.2. The number of rotatable bonds is 4. The van der Waals surface area contributed by atoms with Gasteiger partial charge in [0.05, 0.1) is 0 Å². The van der Waals surface area contributed by atoms with E-state index in [9.17, 15) is 0 Å². The molecular weight excluding hydrogens is 182 g/mol. The number of nitrogens with two attached hydrogens (primary N) is 1. The smallest absolute Gasteiger partial charge is 0.0379 e. The highest BCUT2D eigenvalue weighted by Crippen LogP contribution is 2.23. The molecule has 0 saturated heterocycles. The van der Waals surface area contributed by atoms with Crippen LogP contribution < -0.4 is 5.73 Å². The van der Waals surface area contributed by atoms with Gasteiger partial charge in [-0.3, -0.25) is 0 Å². The fourth-order valence-corrected chi connectivity index (χ4v) is 2.03. The van der Waals surface area contributed by atoms with Gasteiger partial charge in [-0.25, -0.2) is 0 Å². The van der Waals surface area contributed by atoms with Crippen LogP contribution in [0.2, 0.25) is 0 Å². The first-order valence-corrected chi connectivity index (χ1v) is 5.98. The summed E-state index contributed by atoms with van der Waals surface area (Å²) in [5, 5.41) is 0. The van der Waals surface area contributed by atoms with E-state index >= 15 is 0 Å². The summed E-state index contributed by atoms with van der Waals surface area (Å²) >= 11 is 0. The molecule has 0 aliphatic rings. The maximum Gasteiger partial charge on any atom is 0.0379 e. The van der Waals surface area contributed by atoms with Crippen molar-refractivity contribution in [1.82, 2.24) is 0 Å². The third-order valence-electron chi connectivity index (χ3n) is 2.82. The monoisotopic (exact) mass is 205 g/mol. The Morgan fingerprint density at radius 2 is 1.53 bits per heavy atom. The van der Waals surface area contributed by atoms with Gasteiger partial charge in [-0.2, -0.15) is 0 Å². The molecule has 0 atom stereocenters. The quantitative estimate of drug-likeness (QED) is 0.747. The first kappa shape index (κ1) is 12.1. The lowest BCUT2D eigenvalue weighted by Crippen LogP contribution is -2.03. The molecular formula is C14H23N. The van der Waals surface area contributed by atoms with Crippen molar-refractivity contribution in [1.29, 1.82) is 0 Å². The Labute approximate surface area is 93.7 Å². The van der Waals surface area contributed by atoms with Crippen molar-refractivity contribution < 1.29 is 0 Å². The molecule has 0 unspecified atom stereocenters. The molecule has 0 aromatic heterocycles. The van der Waals surface area contributed by atoms with E-state index in [0.717, 1.165) is 24.9 Å². The fourth-order valence-electron chi connectivity index (χ4n) is 2.03. The third-order valence-corrected chi connectivity index (χ3v) is 2.82. The van der Waals surface area contributed by atoms with Crippen LogP contribution in [-0.2, 0) is 19.3 Å². The molecule has 0 radical (unpaired) electrons. The van der Waals surface area contributed by atoms with Crippen LogP contribution in [0, 0.1) is 5.92 Å². The molecule has 1 rings (SSSR count). The minimum Gasteiger partial charge on any atom is -0.398 e. The third kappa shape index (κ3) is 2.98. The Hall–Kier alpha value is -0.980. The van der Waals surface area contributed by atoms with Crippen LogP contribution in [0.5, 0.6) is 0 Å². The van der Waals surface area contributed by atoms with Gasteiger partial charge >= 0.3 is 0 Å². The molecule has 1 heteroatoms. The van der Waals surface area contributed by atoms with E-state index in [2.05, 4.69) is 39.8 Å². The Morgan fingerprint density at radius 3 is 1.87 bits per heavy atom. The second-order valence-electron chi connectivity index (χ2n) is 4.63. The summed E-state index contributed by atoms with van der Waals surface area (Å²) in [5.74, 6) is 0.711. The maximum absolute atomic E-state index is 6.10. The van der Waals surface area contributed by atoms with E-state index < -0.39 is 0 Å². The van der Waals surface area contributed by atoms with E-state index in [1.54, 1.807) is 0 Å². The zero-order valence-corrected chi connectivity index (χ0v) is 10.4. The van der Waals surface area contributed by atoms with Gasteiger partial charge in [0.15, 0.2) is 0 Å². The summed E-state index contributed by atoms with van der Waals surface area (Å²) in [4.78, 5) is 0. The highest BCUT2D eigenvalue weighted by Gasteiger charge is 2.06. The highest BCUT2D eigenvalue weighted by atomic mass is 14.6. The van der Waals surface area contributed by atoms with Gasteiger partial charge in [-0.05, 0) is 41.9 Å². The second-order valence-corrected chi connectivity index (χ2v) is 4.63. The molecule has 0 amide bonds. The van der Waals surface area contributed by atoms with E-state index in [0.29, 0.717) is 5.92 Å². The van der Waals surface area contributed by atoms with Crippen LogP contribution in [0.25, 0.3) is 0 Å². The molecule has 15 heavy (non-hydrogen) atoms. The van der Waals surface area contributed by atoms with Crippen LogP contribution in [0.1, 0.15) is 44.4 Å². The van der Waals surface area contributed by atoms with Crippen molar-refractivity contribution in [2.75, 3.05) is 5.73 Å². The number of hydrogen-bond donors (Lipinski definition) is 1. The molecule has 0 spiro atoms. The molecule has 1 aromatic carbocycles. The van der Waals surface area contributed by atoms with Crippen molar-refractivity contribution in [3.8, 4) is 0 Å². The first-order chi connectivity index (χ1) is 7.08. The Bertz CT molecular complexity index is 301. The van der Waals surface area contributed by atoms with Crippen molar-refractivity contribution in [3.63, 3.8) is 0 Å². The lowest BCUT2D eigenvalue weighted by Gasteiger charge is -2.13. The molecule has 0 bridgehead atoms. The Kier molecular flexibility index (Phi) is 4.19. The zero-order valence-electron chi connectivity index (χ0n) is 10.4. The number of hydrogen-bond acceptors (Lipinski definition) is 1. The van der Waals surface area contributed by atoms with Gasteiger partial charge in [0.25, 0.3) is 0 Å². The van der Waals surface area contributed by atoms with Crippen molar-refractivity contribution in [2.45, 2.75) is 47.0 Å². The normalized spacial score (nSPS) is 11.0. The number of anilines is 1. The zero-order chi connectivity index (χ0) is 11.4. The second kappa shape index (κ2) is 5.20. The molecule has 0 aliphatic heterocycles. The Morgan fingerprint density at radius 1 is 1.07 bits per heavy atom. The van der Waals surface area contributed by atoms with Gasteiger partial charge in [-0.1, -0.05) is 39.8 Å². The predicted molar refractivity (Wildman–Crippen MR) is 68.2 cm³/mol. The molecule has 2 N–H and O–H groups in total. The van der Waals surface area contributed by atoms with Crippen molar-refractivity contribution >= 4 is 5.69 Å². The molecule has 84 valence electrons. The highest BCUT2D eigenvalue weighted by molar-refractivity contribution is 5.55. The first-order valence-electron chi connectivity index (χ1n) is 5.98. The van der Waals surface area contributed by atoms with Gasteiger partial charge in [0.2, 0.25) is 0 Å². The number of aryl methyl sites for hydroxylation is 2. The standard InChI is InChI=1S/C14H23N/c1-5-12-8-11(7-10(3)4)9-13(6-2)14(12)15/h8-10H,5-7,15H2,1-4H3. The van der Waals surface area contributed by atoms with Crippen LogP contribution >= 0.6 is 0 Å². The summed E-state index contributed by atoms with van der Waals surface area (Å²) in [6.45, 7) is 8.86. The summed E-state index contributed by atoms with van der Waals surface area (Å²) in [6, 6.07) is 4.54. The van der Waals surface area contributed by atoms with Gasteiger partial charge in [0, 0.05) is 5.69 Å². The van der Waals surface area contributed by atoms with Crippen molar-refractivity contribution in [3.05, 3.63) is 28.8 Å². The van der Waals surface area contributed by atoms with E-state index in [1.165, 1.54) is 16.7 Å². The lowest BCUT2D eigenvalue weighted by atomic mass is 9.95. The minimum absolute atomic E-state index is 0.711. The SMILES string of the molecule is CCc1cc(CC(C)C)cc(CC)c1N. The van der Waals surface area contributed by atoms with Crippen molar-refractivity contribution in [2.24, 2.45) is 5.92 Å². The lowest BCUT2D eigenvalue weighted by molar-refractivity contribution is 0.646. The van der Waals surface area contributed by atoms with E-state index in [1.807, 2.05) is 0 Å². The summed E-state index contributed by atoms with van der Waals surface area (Å²) < 4.78 is 0. The van der Waals surface area contributed by atoms with Crippen LogP contribution in [0.4, 0.5) is 5.69 Å². The molecule has 1 aromatic rings. The predicted octanol–water partition coefficient (Wildman–Crippen LogP) is 3.59. The average Bonchev–Trinajstić information content (AvgIpc) is 2.19. The molecule has 1 nitrogen and oxygen atoms in total. The van der Waals surface area contributed by atoms with Crippen LogP contribution in [0.15, 0.2) is 12.1 Å². The Balaban J connectivity index is 3.09. The van der Waals surface area contributed by atoms with Crippen LogP contribution in [0.3, 0.4) is 0 Å². The maximum atomic E-state index is 6.10.